The van der Waals surface area contributed by atoms with Crippen LogP contribution < -0.4 is 11.1 Å². The fourth-order valence-corrected chi connectivity index (χ4v) is 6.59. The minimum atomic E-state index is -3.78. The van der Waals surface area contributed by atoms with E-state index in [9.17, 15) is 22.4 Å². The van der Waals surface area contributed by atoms with Crippen LogP contribution in [-0.2, 0) is 21.1 Å². The second kappa shape index (κ2) is 13.6. The fourth-order valence-electron chi connectivity index (χ4n) is 4.73. The van der Waals surface area contributed by atoms with Crippen molar-refractivity contribution >= 4 is 21.7 Å². The number of halogens is 1. The van der Waals surface area contributed by atoms with Gasteiger partial charge in [0.25, 0.3) is 5.91 Å². The standard InChI is InChI=1S/C30H34FN5O4S/c1-21(32)30(38)36-15-12-23(13-16-36)20-41(39,40)28-11-8-26(29(37)33-14-2-3-24-18-34-35-19-24)17-25(28)7-4-22-5-9-27(31)10-6-22/h5-6,8-11,17-19,21,23H,2-3,12-16,20,32H2,1H3,(H,33,37)(H,34,35). The van der Waals surface area contributed by atoms with Crippen molar-refractivity contribution < 1.29 is 22.4 Å². The molecule has 2 aromatic carbocycles. The zero-order valence-electron chi connectivity index (χ0n) is 22.9. The summed E-state index contributed by atoms with van der Waals surface area (Å²) in [7, 11) is -3.78. The number of hydrogen-bond donors (Lipinski definition) is 3. The van der Waals surface area contributed by atoms with Crippen LogP contribution in [0.25, 0.3) is 0 Å². The molecule has 1 aliphatic rings. The van der Waals surface area contributed by atoms with E-state index in [0.29, 0.717) is 50.0 Å². The lowest BCUT2D eigenvalue weighted by Gasteiger charge is -2.32. The number of nitrogens with two attached hydrogens (primary N) is 1. The average Bonchev–Trinajstić information content (AvgIpc) is 3.48. The monoisotopic (exact) mass is 579 g/mol. The Morgan fingerprint density at radius 1 is 1.17 bits per heavy atom. The normalized spacial score (nSPS) is 14.7. The van der Waals surface area contributed by atoms with Crippen LogP contribution in [0.1, 0.15) is 53.2 Å². The number of nitrogens with one attached hydrogen (secondary N) is 2. The molecule has 2 amide bonds. The van der Waals surface area contributed by atoms with Crippen LogP contribution in [0.3, 0.4) is 0 Å². The molecule has 1 unspecified atom stereocenters. The Balaban J connectivity index is 1.51. The number of aryl methyl sites for hydroxylation is 1. The summed E-state index contributed by atoms with van der Waals surface area (Å²) < 4.78 is 40.5. The molecule has 2 heterocycles. The summed E-state index contributed by atoms with van der Waals surface area (Å²) in [6, 6.07) is 9.37. The maximum absolute atomic E-state index is 13.6. The lowest BCUT2D eigenvalue weighted by Crippen LogP contribution is -2.46. The van der Waals surface area contributed by atoms with Gasteiger partial charge in [-0.15, -0.1) is 0 Å². The van der Waals surface area contributed by atoms with Gasteiger partial charge in [-0.25, -0.2) is 12.8 Å². The Labute approximate surface area is 239 Å². The van der Waals surface area contributed by atoms with E-state index in [1.165, 1.54) is 42.5 Å². The Bertz CT molecular complexity index is 1520. The van der Waals surface area contributed by atoms with E-state index in [-0.39, 0.29) is 33.9 Å². The molecule has 1 saturated heterocycles. The highest BCUT2D eigenvalue weighted by atomic mass is 32.2. The zero-order chi connectivity index (χ0) is 29.4. The van der Waals surface area contributed by atoms with Crippen molar-refractivity contribution in [3.05, 3.63) is 82.9 Å². The highest BCUT2D eigenvalue weighted by Crippen LogP contribution is 2.25. The van der Waals surface area contributed by atoms with Crippen molar-refractivity contribution in [3.8, 4) is 11.8 Å². The van der Waals surface area contributed by atoms with E-state index in [1.54, 1.807) is 24.2 Å². The summed E-state index contributed by atoms with van der Waals surface area (Å²) >= 11 is 0. The van der Waals surface area contributed by atoms with Crippen molar-refractivity contribution in [2.24, 2.45) is 11.7 Å². The van der Waals surface area contributed by atoms with Crippen LogP contribution in [0.4, 0.5) is 4.39 Å². The van der Waals surface area contributed by atoms with Crippen LogP contribution in [-0.4, -0.2) is 66.8 Å². The smallest absolute Gasteiger partial charge is 0.251 e. The summed E-state index contributed by atoms with van der Waals surface area (Å²) in [6.07, 6.45) is 6.10. The molecule has 0 radical (unpaired) electrons. The molecule has 0 saturated carbocycles. The quantitative estimate of drug-likeness (QED) is 0.263. The van der Waals surface area contributed by atoms with E-state index < -0.39 is 21.7 Å². The first-order valence-electron chi connectivity index (χ1n) is 13.6. The number of amides is 2. The number of nitrogens with zero attached hydrogens (tertiary/aromatic N) is 2. The van der Waals surface area contributed by atoms with Crippen molar-refractivity contribution in [2.75, 3.05) is 25.4 Å². The number of H-pyrrole nitrogens is 1. The van der Waals surface area contributed by atoms with E-state index >= 15 is 0 Å². The Kier molecular flexibility index (Phi) is 9.91. The van der Waals surface area contributed by atoms with E-state index in [1.807, 2.05) is 0 Å². The van der Waals surface area contributed by atoms with E-state index in [0.717, 1.165) is 12.0 Å². The van der Waals surface area contributed by atoms with Crippen LogP contribution in [0, 0.1) is 23.6 Å². The molecule has 1 atom stereocenters. The SMILES string of the molecule is CC(N)C(=O)N1CCC(CS(=O)(=O)c2ccc(C(=O)NCCCc3cn[nH]c3)cc2C#Cc2ccc(F)cc2)CC1. The van der Waals surface area contributed by atoms with Crippen molar-refractivity contribution in [1.29, 1.82) is 0 Å². The second-order valence-electron chi connectivity index (χ2n) is 10.3. The fraction of sp³-hybridized carbons (Fsp3) is 0.367. The molecule has 11 heteroatoms. The minimum Gasteiger partial charge on any atom is -0.352 e. The summed E-state index contributed by atoms with van der Waals surface area (Å²) in [6.45, 7) is 2.98. The number of rotatable bonds is 9. The lowest BCUT2D eigenvalue weighted by molar-refractivity contribution is -0.133. The van der Waals surface area contributed by atoms with E-state index in [2.05, 4.69) is 27.4 Å². The lowest BCUT2D eigenvalue weighted by atomic mass is 9.98. The second-order valence-corrected chi connectivity index (χ2v) is 12.3. The van der Waals surface area contributed by atoms with Gasteiger partial charge in [0.15, 0.2) is 9.84 Å². The zero-order valence-corrected chi connectivity index (χ0v) is 23.7. The molecule has 0 aliphatic carbocycles. The number of likely N-dealkylation sites (tertiary alicyclic amines) is 1. The van der Waals surface area contributed by atoms with Gasteiger partial charge < -0.3 is 16.0 Å². The number of benzene rings is 2. The van der Waals surface area contributed by atoms with Gasteiger partial charge in [-0.2, -0.15) is 5.10 Å². The van der Waals surface area contributed by atoms with Gasteiger partial charge in [0.05, 0.1) is 22.9 Å². The maximum atomic E-state index is 13.6. The van der Waals surface area contributed by atoms with Crippen molar-refractivity contribution in [1.82, 2.24) is 20.4 Å². The first kappa shape index (κ1) is 30.0. The number of carbonyl (C=O) groups excluding carboxylic acids is 2. The third kappa shape index (κ3) is 8.25. The minimum absolute atomic E-state index is 0.0395. The van der Waals surface area contributed by atoms with Gasteiger partial charge in [-0.3, -0.25) is 14.7 Å². The average molecular weight is 580 g/mol. The van der Waals surface area contributed by atoms with Gasteiger partial charge in [-0.1, -0.05) is 11.8 Å². The topological polar surface area (TPSA) is 138 Å². The molecular formula is C30H34FN5O4S. The Morgan fingerprint density at radius 3 is 2.56 bits per heavy atom. The molecule has 4 N–H and O–H groups in total. The molecule has 4 rings (SSSR count). The first-order valence-corrected chi connectivity index (χ1v) is 15.2. The maximum Gasteiger partial charge on any atom is 0.251 e. The van der Waals surface area contributed by atoms with Crippen molar-refractivity contribution in [2.45, 2.75) is 43.5 Å². The number of piperidine rings is 1. The van der Waals surface area contributed by atoms with Crippen LogP contribution in [0.2, 0.25) is 0 Å². The van der Waals surface area contributed by atoms with Gasteiger partial charge >= 0.3 is 0 Å². The predicted octanol–water partition coefficient (Wildman–Crippen LogP) is 2.67. The molecule has 0 bridgehead atoms. The molecule has 1 aliphatic heterocycles. The molecular weight excluding hydrogens is 545 g/mol. The number of aromatic amines is 1. The summed E-state index contributed by atoms with van der Waals surface area (Å²) in [5.74, 6) is 4.68. The van der Waals surface area contributed by atoms with Gasteiger partial charge in [0, 0.05) is 42.5 Å². The van der Waals surface area contributed by atoms with Gasteiger partial charge in [-0.05, 0) is 86.6 Å². The molecule has 3 aromatic rings. The van der Waals surface area contributed by atoms with Gasteiger partial charge in [0.1, 0.15) is 5.82 Å². The highest BCUT2D eigenvalue weighted by molar-refractivity contribution is 7.91. The Hall–Kier alpha value is -4.01. The molecule has 1 fully saturated rings. The molecule has 9 nitrogen and oxygen atoms in total. The molecule has 41 heavy (non-hydrogen) atoms. The number of sulfone groups is 1. The Morgan fingerprint density at radius 2 is 1.90 bits per heavy atom. The highest BCUT2D eigenvalue weighted by Gasteiger charge is 2.29. The largest absolute Gasteiger partial charge is 0.352 e. The summed E-state index contributed by atoms with van der Waals surface area (Å²) in [4.78, 5) is 26.8. The van der Waals surface area contributed by atoms with Crippen LogP contribution in [0.5, 0.6) is 0 Å². The molecule has 0 spiro atoms. The third-order valence-corrected chi connectivity index (χ3v) is 8.95. The van der Waals surface area contributed by atoms with Gasteiger partial charge in [0.2, 0.25) is 5.91 Å². The molecule has 1 aromatic heterocycles. The summed E-state index contributed by atoms with van der Waals surface area (Å²) in [5.41, 5.74) is 7.75. The summed E-state index contributed by atoms with van der Waals surface area (Å²) in [5, 5.41) is 9.52. The van der Waals surface area contributed by atoms with Crippen molar-refractivity contribution in [3.63, 3.8) is 0 Å². The predicted molar refractivity (Wildman–Crippen MR) is 153 cm³/mol. The number of hydrogen-bond acceptors (Lipinski definition) is 6. The number of carbonyl (C=O) groups is 2. The number of aromatic nitrogens is 2. The first-order chi connectivity index (χ1) is 19.6. The van der Waals surface area contributed by atoms with E-state index in [4.69, 9.17) is 5.73 Å². The van der Waals surface area contributed by atoms with Crippen LogP contribution >= 0.6 is 0 Å². The molecule has 216 valence electrons. The third-order valence-electron chi connectivity index (χ3n) is 7.02. The van der Waals surface area contributed by atoms with Crippen LogP contribution in [0.15, 0.2) is 59.8 Å².